The van der Waals surface area contributed by atoms with Gasteiger partial charge in [0, 0.05) is 28.1 Å². The molecule has 0 aliphatic heterocycles. The van der Waals surface area contributed by atoms with Gasteiger partial charge in [-0.05, 0) is 54.2 Å². The lowest BCUT2D eigenvalue weighted by molar-refractivity contribution is -0.137. The van der Waals surface area contributed by atoms with Crippen molar-refractivity contribution in [2.75, 3.05) is 5.32 Å². The van der Waals surface area contributed by atoms with E-state index < -0.39 is 17.6 Å². The zero-order valence-corrected chi connectivity index (χ0v) is 18.2. The monoisotopic (exact) mass is 496 g/mol. The van der Waals surface area contributed by atoms with E-state index >= 15 is 0 Å². The van der Waals surface area contributed by atoms with Crippen LogP contribution >= 0.6 is 35.2 Å². The first-order valence-corrected chi connectivity index (χ1v) is 10.6. The Balaban J connectivity index is 1.53. The maximum Gasteiger partial charge on any atom is 0.416 e. The Bertz CT molecular complexity index is 1460. The number of halogens is 4. The fraction of sp³-hybridized carbons (Fsp3) is 0.100. The van der Waals surface area contributed by atoms with E-state index in [2.05, 4.69) is 20.3 Å². The van der Waals surface area contributed by atoms with Gasteiger partial charge in [0.1, 0.15) is 0 Å². The van der Waals surface area contributed by atoms with Crippen LogP contribution < -0.4 is 10.9 Å². The molecule has 0 aliphatic carbocycles. The van der Waals surface area contributed by atoms with Gasteiger partial charge in [-0.15, -0.1) is 11.3 Å². The van der Waals surface area contributed by atoms with Gasteiger partial charge >= 0.3 is 6.18 Å². The molecular formula is C20H12ClF3N4O2S2. The number of aromatic amines is 2. The van der Waals surface area contributed by atoms with E-state index in [1.54, 1.807) is 0 Å². The van der Waals surface area contributed by atoms with Crippen molar-refractivity contribution in [2.45, 2.75) is 12.6 Å². The van der Waals surface area contributed by atoms with Gasteiger partial charge in [-0.2, -0.15) is 13.2 Å². The first-order chi connectivity index (χ1) is 15.1. The molecule has 164 valence electrons. The van der Waals surface area contributed by atoms with Crippen molar-refractivity contribution in [1.29, 1.82) is 0 Å². The molecule has 0 saturated carbocycles. The number of rotatable bonds is 4. The molecule has 3 N–H and O–H groups in total. The molecule has 6 nitrogen and oxygen atoms in total. The first-order valence-electron chi connectivity index (χ1n) is 8.98. The smallest absolute Gasteiger partial charge is 0.332 e. The molecule has 0 fully saturated rings. The van der Waals surface area contributed by atoms with Crippen molar-refractivity contribution < 1.29 is 18.0 Å². The summed E-state index contributed by atoms with van der Waals surface area (Å²) >= 11 is 12.1. The number of nitrogens with zero attached hydrogens (tertiary/aromatic N) is 1. The van der Waals surface area contributed by atoms with E-state index in [9.17, 15) is 22.8 Å². The van der Waals surface area contributed by atoms with Crippen LogP contribution in [0.3, 0.4) is 0 Å². The van der Waals surface area contributed by atoms with Crippen molar-refractivity contribution in [3.63, 3.8) is 0 Å². The molecule has 0 radical (unpaired) electrons. The summed E-state index contributed by atoms with van der Waals surface area (Å²) in [7, 11) is 0. The quantitative estimate of drug-likeness (QED) is 0.323. The van der Waals surface area contributed by atoms with E-state index in [0.717, 1.165) is 23.5 Å². The molecule has 12 heteroatoms. The minimum Gasteiger partial charge on any atom is -0.332 e. The van der Waals surface area contributed by atoms with Gasteiger partial charge in [-0.1, -0.05) is 11.6 Å². The summed E-state index contributed by atoms with van der Waals surface area (Å²) in [5, 5.41) is 3.47. The number of benzene rings is 2. The van der Waals surface area contributed by atoms with E-state index in [4.69, 9.17) is 23.8 Å². The Labute approximate surface area is 192 Å². The summed E-state index contributed by atoms with van der Waals surface area (Å²) in [6, 6.07) is 7.61. The predicted molar refractivity (Wildman–Crippen MR) is 119 cm³/mol. The van der Waals surface area contributed by atoms with Crippen molar-refractivity contribution in [3.8, 4) is 0 Å². The molecular weight excluding hydrogens is 485 g/mol. The van der Waals surface area contributed by atoms with Crippen molar-refractivity contribution >= 4 is 57.1 Å². The molecule has 0 bridgehead atoms. The average molecular weight is 497 g/mol. The van der Waals surface area contributed by atoms with Gasteiger partial charge in [0.25, 0.3) is 11.5 Å². The van der Waals surface area contributed by atoms with Gasteiger partial charge in [0.2, 0.25) is 0 Å². The molecule has 0 atom stereocenters. The number of aromatic nitrogens is 3. The highest BCUT2D eigenvalue weighted by atomic mass is 35.5. The SMILES string of the molecule is O=C(Nc1ncc(Cc2cc(C(F)(F)F)ccc2Cl)s1)c1ccc2c(=O)[nH]c(=S)[nH]c2c1. The van der Waals surface area contributed by atoms with Crippen LogP contribution in [0.5, 0.6) is 0 Å². The van der Waals surface area contributed by atoms with Crippen molar-refractivity contribution in [1.82, 2.24) is 15.0 Å². The van der Waals surface area contributed by atoms with Crippen LogP contribution in [0.1, 0.15) is 26.4 Å². The lowest BCUT2D eigenvalue weighted by atomic mass is 10.1. The molecule has 2 heterocycles. The first kappa shape index (κ1) is 22.2. The molecule has 0 unspecified atom stereocenters. The third-order valence-electron chi connectivity index (χ3n) is 4.51. The molecule has 1 amide bonds. The molecule has 32 heavy (non-hydrogen) atoms. The normalized spacial score (nSPS) is 11.6. The largest absolute Gasteiger partial charge is 0.416 e. The Morgan fingerprint density at radius 1 is 1.19 bits per heavy atom. The van der Waals surface area contributed by atoms with Crippen molar-refractivity contribution in [2.24, 2.45) is 0 Å². The highest BCUT2D eigenvalue weighted by Gasteiger charge is 2.31. The van der Waals surface area contributed by atoms with Crippen LogP contribution in [0.25, 0.3) is 10.9 Å². The highest BCUT2D eigenvalue weighted by Crippen LogP contribution is 2.33. The lowest BCUT2D eigenvalue weighted by Gasteiger charge is -2.09. The number of anilines is 1. The van der Waals surface area contributed by atoms with Crippen LogP contribution in [0.4, 0.5) is 18.3 Å². The summed E-state index contributed by atoms with van der Waals surface area (Å²) in [5.74, 6) is -0.468. The maximum atomic E-state index is 13.0. The van der Waals surface area contributed by atoms with E-state index in [1.807, 2.05) is 0 Å². The summed E-state index contributed by atoms with van der Waals surface area (Å²) < 4.78 is 39.0. The fourth-order valence-corrected chi connectivity index (χ4v) is 4.22. The van der Waals surface area contributed by atoms with Gasteiger partial charge in [-0.3, -0.25) is 19.9 Å². The molecule has 0 spiro atoms. The summed E-state index contributed by atoms with van der Waals surface area (Å²) in [4.78, 5) is 34.5. The number of carbonyl (C=O) groups is 1. The lowest BCUT2D eigenvalue weighted by Crippen LogP contribution is -2.13. The van der Waals surface area contributed by atoms with E-state index in [1.165, 1.54) is 30.5 Å². The number of hydrogen-bond donors (Lipinski definition) is 3. The molecule has 4 rings (SSSR count). The zero-order valence-electron chi connectivity index (χ0n) is 15.8. The number of fused-ring (bicyclic) bond motifs is 1. The van der Waals surface area contributed by atoms with Gasteiger partial charge in [0.15, 0.2) is 9.90 Å². The number of amides is 1. The number of nitrogens with one attached hydrogen (secondary N) is 3. The van der Waals surface area contributed by atoms with Crippen LogP contribution in [0.2, 0.25) is 5.02 Å². The minimum atomic E-state index is -4.47. The Hall–Kier alpha value is -3.02. The maximum absolute atomic E-state index is 13.0. The number of hydrogen-bond acceptors (Lipinski definition) is 5. The third kappa shape index (κ3) is 4.74. The molecule has 2 aromatic carbocycles. The molecule has 4 aromatic rings. The Kier molecular flexibility index (Phi) is 5.89. The Morgan fingerprint density at radius 3 is 2.72 bits per heavy atom. The molecule has 0 saturated heterocycles. The van der Waals surface area contributed by atoms with Gasteiger partial charge < -0.3 is 4.98 Å². The predicted octanol–water partition coefficient (Wildman–Crippen LogP) is 5.56. The number of thiazole rings is 1. The number of carbonyl (C=O) groups excluding carboxylic acids is 1. The van der Waals surface area contributed by atoms with Gasteiger partial charge in [0.05, 0.1) is 16.5 Å². The van der Waals surface area contributed by atoms with Crippen LogP contribution in [-0.2, 0) is 12.6 Å². The second-order valence-electron chi connectivity index (χ2n) is 6.74. The second-order valence-corrected chi connectivity index (χ2v) is 8.67. The van der Waals surface area contributed by atoms with E-state index in [0.29, 0.717) is 21.3 Å². The summed E-state index contributed by atoms with van der Waals surface area (Å²) in [5.41, 5.74) is -0.174. The van der Waals surface area contributed by atoms with Crippen LogP contribution in [0, 0.1) is 4.77 Å². The van der Waals surface area contributed by atoms with Crippen LogP contribution in [-0.4, -0.2) is 20.9 Å². The third-order valence-corrected chi connectivity index (χ3v) is 6.00. The van der Waals surface area contributed by atoms with Crippen LogP contribution in [0.15, 0.2) is 47.4 Å². The fourth-order valence-electron chi connectivity index (χ4n) is 3.00. The number of alkyl halides is 3. The standard InChI is InChI=1S/C20H12ClF3N4O2S2/c21-14-4-2-11(20(22,23)24)5-10(14)6-12-8-25-19(32-12)28-16(29)9-1-3-13-15(7-9)26-18(31)27-17(13)30/h1-5,7-8H,6H2,(H,25,28,29)(H2,26,27,30,31). The summed E-state index contributed by atoms with van der Waals surface area (Å²) in [6.45, 7) is 0. The molecule has 0 aliphatic rings. The topological polar surface area (TPSA) is 90.6 Å². The summed E-state index contributed by atoms with van der Waals surface area (Å²) in [6.07, 6.45) is -2.88. The van der Waals surface area contributed by atoms with Gasteiger partial charge in [-0.25, -0.2) is 4.98 Å². The average Bonchev–Trinajstić information content (AvgIpc) is 3.15. The van der Waals surface area contributed by atoms with Crippen molar-refractivity contribution in [3.05, 3.63) is 84.3 Å². The highest BCUT2D eigenvalue weighted by molar-refractivity contribution is 7.71. The minimum absolute atomic E-state index is 0.131. The number of H-pyrrole nitrogens is 2. The van der Waals surface area contributed by atoms with E-state index in [-0.39, 0.29) is 32.5 Å². The second kappa shape index (κ2) is 8.49. The zero-order chi connectivity index (χ0) is 23.0. The Morgan fingerprint density at radius 2 is 1.97 bits per heavy atom. The molecule has 2 aromatic heterocycles.